The molecular formula is C53H60F5N7O4. The quantitative estimate of drug-likeness (QED) is 0.0982. The molecule has 2 aromatic heterocycles. The summed E-state index contributed by atoms with van der Waals surface area (Å²) in [5.41, 5.74) is 1.46. The van der Waals surface area contributed by atoms with Crippen molar-refractivity contribution in [3.05, 3.63) is 118 Å². The fourth-order valence-corrected chi connectivity index (χ4v) is 10.4. The molecule has 366 valence electrons. The molecule has 3 fully saturated rings. The Morgan fingerprint density at radius 2 is 1.16 bits per heavy atom. The van der Waals surface area contributed by atoms with E-state index in [0.29, 0.717) is 59.6 Å². The average molecular weight is 954 g/mol. The number of hydrogen-bond acceptors (Lipinski definition) is 9. The van der Waals surface area contributed by atoms with E-state index in [1.54, 1.807) is 91.7 Å². The summed E-state index contributed by atoms with van der Waals surface area (Å²) in [6.07, 6.45) is 3.50. The molecule has 4 aromatic carbocycles. The van der Waals surface area contributed by atoms with E-state index in [1.807, 2.05) is 7.05 Å². The van der Waals surface area contributed by atoms with Crippen molar-refractivity contribution in [1.29, 1.82) is 0 Å². The molecule has 3 aliphatic rings. The molecule has 3 saturated heterocycles. The Hall–Kier alpha value is -6.03. The highest BCUT2D eigenvalue weighted by Gasteiger charge is 2.41. The molecule has 3 atom stereocenters. The molecule has 3 aliphatic heterocycles. The Kier molecular flexibility index (Phi) is 12.8. The van der Waals surface area contributed by atoms with Gasteiger partial charge in [-0.15, -0.1) is 0 Å². The average Bonchev–Trinajstić information content (AvgIpc) is 4.07. The van der Waals surface area contributed by atoms with Crippen molar-refractivity contribution in [2.45, 2.75) is 124 Å². The lowest BCUT2D eigenvalue weighted by Gasteiger charge is -2.36. The number of likely N-dealkylation sites (tertiary alicyclic amines) is 1. The third kappa shape index (κ3) is 9.28. The molecule has 0 spiro atoms. The smallest absolute Gasteiger partial charge is 0.312 e. The Labute approximate surface area is 399 Å². The topological polar surface area (TPSA) is 98.0 Å². The summed E-state index contributed by atoms with van der Waals surface area (Å²) < 4.78 is 95.8. The first-order valence-electron chi connectivity index (χ1n) is 23.9. The zero-order valence-electron chi connectivity index (χ0n) is 40.5. The highest BCUT2D eigenvalue weighted by Crippen LogP contribution is 2.50. The first-order valence-corrected chi connectivity index (χ1v) is 23.9. The van der Waals surface area contributed by atoms with E-state index in [4.69, 9.17) is 19.4 Å². The number of aromatic nitrogens is 4. The van der Waals surface area contributed by atoms with Crippen molar-refractivity contribution in [3.8, 4) is 0 Å². The number of carbonyl (C=O) groups is 2. The van der Waals surface area contributed by atoms with Crippen LogP contribution in [-0.4, -0.2) is 62.6 Å². The molecule has 69 heavy (non-hydrogen) atoms. The number of nitrogens with zero attached hydrogens (tertiary/aromatic N) is 7. The van der Waals surface area contributed by atoms with Gasteiger partial charge >= 0.3 is 11.9 Å². The number of fused-ring (bicyclic) bond motifs is 2. The summed E-state index contributed by atoms with van der Waals surface area (Å²) in [6, 6.07) is 13.0. The summed E-state index contributed by atoms with van der Waals surface area (Å²) >= 11 is 0. The van der Waals surface area contributed by atoms with Gasteiger partial charge in [-0.2, -0.15) is 0 Å². The molecule has 9 rings (SSSR count). The summed E-state index contributed by atoms with van der Waals surface area (Å²) in [5.74, 6) is -2.81. The highest BCUT2D eigenvalue weighted by atomic mass is 19.1. The number of hydrogen-bond donors (Lipinski definition) is 0. The van der Waals surface area contributed by atoms with Gasteiger partial charge in [0.05, 0.1) is 51.0 Å². The Morgan fingerprint density at radius 1 is 0.638 bits per heavy atom. The normalized spacial score (nSPS) is 19.6. The van der Waals surface area contributed by atoms with E-state index in [1.165, 1.54) is 36.4 Å². The van der Waals surface area contributed by atoms with E-state index in [0.717, 1.165) is 24.9 Å². The number of benzene rings is 4. The predicted octanol–water partition coefficient (Wildman–Crippen LogP) is 11.7. The van der Waals surface area contributed by atoms with Gasteiger partial charge in [0.15, 0.2) is 25.1 Å². The van der Waals surface area contributed by atoms with Gasteiger partial charge in [0, 0.05) is 42.0 Å². The van der Waals surface area contributed by atoms with Crippen molar-refractivity contribution < 1.29 is 41.0 Å². The van der Waals surface area contributed by atoms with Gasteiger partial charge in [0.1, 0.15) is 34.8 Å². The first-order chi connectivity index (χ1) is 32.7. The summed E-state index contributed by atoms with van der Waals surface area (Å²) in [7, 11) is 1.99. The van der Waals surface area contributed by atoms with Crippen molar-refractivity contribution in [3.63, 3.8) is 0 Å². The van der Waals surface area contributed by atoms with Crippen LogP contribution >= 0.6 is 0 Å². The van der Waals surface area contributed by atoms with Crippen LogP contribution in [-0.2, 0) is 32.5 Å². The minimum atomic E-state index is -0.830. The van der Waals surface area contributed by atoms with E-state index >= 15 is 17.6 Å². The number of imidazole rings is 2. The Bertz CT molecular complexity index is 2910. The van der Waals surface area contributed by atoms with Crippen LogP contribution in [0.25, 0.3) is 22.1 Å². The zero-order chi connectivity index (χ0) is 49.3. The molecule has 0 N–H and O–H groups in total. The highest BCUT2D eigenvalue weighted by molar-refractivity contribution is 5.80. The molecule has 5 heterocycles. The lowest BCUT2D eigenvalue weighted by molar-refractivity contribution is -0.157. The number of aryl methyl sites for hydroxylation is 1. The Balaban J connectivity index is 1.11. The standard InChI is InChI=1S/C53H60F5N7O4/c1-30-59-41-24-35(37(55)26-46(41)63(30)28-68-50(66)52(2,3)4)43-15-16-44(65(43)34-22-39(57)48(40(58)23-34)62-20-17-32(18-21-62)31-11-13-33(54)14-12-31)36-25-42-47(27-38(36)56)64(29-69-51(67)53(5,6)7)49(60-42)45-10-9-19-61(45)8/h11-14,22-27,32,43-45H,9-10,15-21,28-29H2,1-8H3/t43?,44-,45?/m1/s1. The molecule has 16 heteroatoms. The van der Waals surface area contributed by atoms with E-state index in [-0.39, 0.29) is 66.6 Å². The second-order valence-electron chi connectivity index (χ2n) is 21.1. The molecule has 11 nitrogen and oxygen atoms in total. The van der Waals surface area contributed by atoms with Crippen molar-refractivity contribution in [2.24, 2.45) is 10.8 Å². The van der Waals surface area contributed by atoms with Crippen LogP contribution in [0.3, 0.4) is 0 Å². The van der Waals surface area contributed by atoms with Crippen LogP contribution in [0.1, 0.15) is 132 Å². The number of esters is 2. The predicted molar refractivity (Wildman–Crippen MR) is 254 cm³/mol. The third-order valence-electron chi connectivity index (χ3n) is 14.2. The lowest BCUT2D eigenvalue weighted by atomic mass is 9.89. The monoisotopic (exact) mass is 953 g/mol. The molecule has 0 aliphatic carbocycles. The van der Waals surface area contributed by atoms with E-state index in [2.05, 4.69) is 4.90 Å². The van der Waals surface area contributed by atoms with Crippen LogP contribution in [0.5, 0.6) is 0 Å². The van der Waals surface area contributed by atoms with Crippen molar-refractivity contribution in [2.75, 3.05) is 36.5 Å². The number of anilines is 2. The van der Waals surface area contributed by atoms with Crippen LogP contribution < -0.4 is 9.80 Å². The van der Waals surface area contributed by atoms with Gasteiger partial charge in [-0.3, -0.25) is 23.6 Å². The minimum absolute atomic E-state index is 0.102. The third-order valence-corrected chi connectivity index (χ3v) is 14.2. The first kappa shape index (κ1) is 48.0. The maximum Gasteiger partial charge on any atom is 0.312 e. The largest absolute Gasteiger partial charge is 0.443 e. The van der Waals surface area contributed by atoms with Crippen LogP contribution in [0.4, 0.5) is 33.3 Å². The number of ether oxygens (including phenoxy) is 2. The number of carbonyl (C=O) groups excluding carboxylic acids is 2. The number of rotatable bonds is 10. The number of halogens is 5. The Morgan fingerprint density at radius 3 is 1.68 bits per heavy atom. The van der Waals surface area contributed by atoms with Gasteiger partial charge in [0.25, 0.3) is 0 Å². The van der Waals surface area contributed by atoms with E-state index in [9.17, 15) is 14.0 Å². The SMILES string of the molecule is Cc1nc2cc(C3CC[C@H](c4cc5nc(C6CCCN6C)n(COC(=O)C(C)(C)C)c5cc4F)N3c3cc(F)c(N4CCC(c5ccc(F)cc5)CC4)c(F)c3)c(F)cc2n1COC(=O)C(C)(C)C. The van der Waals surface area contributed by atoms with Crippen LogP contribution in [0.15, 0.2) is 60.7 Å². The lowest BCUT2D eigenvalue weighted by Crippen LogP contribution is -2.34. The molecular weight excluding hydrogens is 894 g/mol. The number of piperidine rings is 1. The molecule has 0 radical (unpaired) electrons. The minimum Gasteiger partial charge on any atom is -0.443 e. The van der Waals surface area contributed by atoms with Crippen LogP contribution in [0, 0.1) is 46.8 Å². The molecule has 2 unspecified atom stereocenters. The maximum absolute atomic E-state index is 17.1. The molecule has 0 bridgehead atoms. The van der Waals surface area contributed by atoms with Gasteiger partial charge in [-0.25, -0.2) is 31.9 Å². The second-order valence-corrected chi connectivity index (χ2v) is 21.1. The van der Waals surface area contributed by atoms with Gasteiger partial charge < -0.3 is 19.3 Å². The fourth-order valence-electron chi connectivity index (χ4n) is 10.4. The van der Waals surface area contributed by atoms with Gasteiger partial charge in [0.2, 0.25) is 0 Å². The van der Waals surface area contributed by atoms with E-state index < -0.39 is 58.1 Å². The van der Waals surface area contributed by atoms with Crippen molar-refractivity contribution >= 4 is 45.4 Å². The summed E-state index contributed by atoms with van der Waals surface area (Å²) in [4.78, 5) is 41.0. The van der Waals surface area contributed by atoms with Crippen molar-refractivity contribution in [1.82, 2.24) is 24.0 Å². The second kappa shape index (κ2) is 18.4. The summed E-state index contributed by atoms with van der Waals surface area (Å²) in [6.45, 7) is 13.4. The maximum atomic E-state index is 17.1. The van der Waals surface area contributed by atoms with Crippen LogP contribution in [0.2, 0.25) is 0 Å². The van der Waals surface area contributed by atoms with Gasteiger partial charge in [-0.05, 0) is 148 Å². The zero-order valence-corrected chi connectivity index (χ0v) is 40.5. The molecule has 0 saturated carbocycles. The van der Waals surface area contributed by atoms with Gasteiger partial charge in [-0.1, -0.05) is 12.1 Å². The molecule has 0 amide bonds. The summed E-state index contributed by atoms with van der Waals surface area (Å²) in [5, 5.41) is 0. The fraction of sp³-hybridized carbons (Fsp3) is 0.472. The molecule has 6 aromatic rings.